The Morgan fingerprint density at radius 1 is 1.29 bits per heavy atom. The maximum Gasteiger partial charge on any atom is 0.243 e. The summed E-state index contributed by atoms with van der Waals surface area (Å²) in [6.07, 6.45) is 5.07. The predicted molar refractivity (Wildman–Crippen MR) is 57.0 cm³/mol. The van der Waals surface area contributed by atoms with Gasteiger partial charge in [0.15, 0.2) is 0 Å². The van der Waals surface area contributed by atoms with Crippen molar-refractivity contribution < 1.29 is 9.53 Å². The topological polar surface area (TPSA) is 64.3 Å². The summed E-state index contributed by atoms with van der Waals surface area (Å²) in [6.45, 7) is 4.60. The van der Waals surface area contributed by atoms with Crippen LogP contribution >= 0.6 is 0 Å². The lowest BCUT2D eigenvalue weighted by Gasteiger charge is -2.04. The van der Waals surface area contributed by atoms with Gasteiger partial charge in [-0.1, -0.05) is 26.2 Å². The first-order valence-electron chi connectivity index (χ1n) is 5.34. The molecule has 0 bridgehead atoms. The maximum absolute atomic E-state index is 10.3. The third-order valence-electron chi connectivity index (χ3n) is 1.87. The summed E-state index contributed by atoms with van der Waals surface area (Å²) < 4.78 is 4.99. The molecule has 0 aromatic heterocycles. The average Bonchev–Trinajstić information content (AvgIpc) is 2.15. The highest BCUT2D eigenvalue weighted by molar-refractivity contribution is 5.74. The lowest BCUT2D eigenvalue weighted by molar-refractivity contribution is -0.122. The number of amides is 1. The summed E-state index contributed by atoms with van der Waals surface area (Å²) in [5.74, 6) is -0.409. The molecule has 0 aliphatic carbocycles. The Morgan fingerprint density at radius 3 is 2.71 bits per heavy atom. The molecule has 0 atom stereocenters. The first-order valence-corrected chi connectivity index (χ1v) is 5.34. The molecule has 0 aliphatic heterocycles. The molecule has 84 valence electrons. The zero-order valence-corrected chi connectivity index (χ0v) is 9.05. The second-order valence-corrected chi connectivity index (χ2v) is 3.33. The first-order chi connectivity index (χ1) is 6.77. The minimum Gasteiger partial charge on any atom is -0.370 e. The number of hydrogen-bond donors (Lipinski definition) is 2. The van der Waals surface area contributed by atoms with Crippen LogP contribution in [0.3, 0.4) is 0 Å². The van der Waals surface area contributed by atoms with Gasteiger partial charge in [-0.25, -0.2) is 0 Å². The molecule has 0 unspecified atom stereocenters. The van der Waals surface area contributed by atoms with E-state index in [1.165, 1.54) is 25.7 Å². The highest BCUT2D eigenvalue weighted by Gasteiger charge is 1.93. The van der Waals surface area contributed by atoms with E-state index in [1.807, 2.05) is 0 Å². The minimum absolute atomic E-state index is 0.0253. The predicted octanol–water partition coefficient (Wildman–Crippen LogP) is 0.658. The van der Waals surface area contributed by atoms with Crippen molar-refractivity contribution in [2.45, 2.75) is 32.6 Å². The van der Waals surface area contributed by atoms with Gasteiger partial charge in [-0.15, -0.1) is 0 Å². The van der Waals surface area contributed by atoms with Gasteiger partial charge < -0.3 is 15.8 Å². The lowest BCUT2D eigenvalue weighted by atomic mass is 10.2. The molecular weight excluding hydrogens is 180 g/mol. The van der Waals surface area contributed by atoms with Gasteiger partial charge in [-0.2, -0.15) is 0 Å². The highest BCUT2D eigenvalue weighted by Crippen LogP contribution is 1.96. The normalized spacial score (nSPS) is 10.4. The van der Waals surface area contributed by atoms with E-state index in [1.54, 1.807) is 0 Å². The van der Waals surface area contributed by atoms with E-state index < -0.39 is 5.91 Å². The molecule has 14 heavy (non-hydrogen) atoms. The van der Waals surface area contributed by atoms with Crippen molar-refractivity contribution in [2.24, 2.45) is 5.73 Å². The van der Waals surface area contributed by atoms with Gasteiger partial charge >= 0.3 is 0 Å². The smallest absolute Gasteiger partial charge is 0.243 e. The molecule has 0 heterocycles. The van der Waals surface area contributed by atoms with Gasteiger partial charge in [-0.05, 0) is 13.0 Å². The minimum atomic E-state index is -0.409. The van der Waals surface area contributed by atoms with Gasteiger partial charge in [0.05, 0.1) is 6.61 Å². The summed E-state index contributed by atoms with van der Waals surface area (Å²) in [7, 11) is 0. The van der Waals surface area contributed by atoms with Gasteiger partial charge in [0, 0.05) is 6.54 Å². The molecule has 4 nitrogen and oxygen atoms in total. The molecule has 1 amide bonds. The highest BCUT2D eigenvalue weighted by atomic mass is 16.5. The number of hydrogen-bond acceptors (Lipinski definition) is 3. The van der Waals surface area contributed by atoms with E-state index >= 15 is 0 Å². The molecule has 0 saturated heterocycles. The third-order valence-corrected chi connectivity index (χ3v) is 1.87. The van der Waals surface area contributed by atoms with Crippen LogP contribution in [0.2, 0.25) is 0 Å². The van der Waals surface area contributed by atoms with Crippen LogP contribution in [-0.2, 0) is 9.53 Å². The monoisotopic (exact) mass is 202 g/mol. The third kappa shape index (κ3) is 11.4. The van der Waals surface area contributed by atoms with Gasteiger partial charge in [0.1, 0.15) is 6.61 Å². The van der Waals surface area contributed by atoms with Gasteiger partial charge in [0.2, 0.25) is 5.91 Å². The molecular formula is C10H22N2O2. The summed E-state index contributed by atoms with van der Waals surface area (Å²) in [6, 6.07) is 0. The van der Waals surface area contributed by atoms with Crippen LogP contribution in [0.5, 0.6) is 0 Å². The van der Waals surface area contributed by atoms with Crippen LogP contribution in [0.1, 0.15) is 32.6 Å². The van der Waals surface area contributed by atoms with Crippen LogP contribution in [0, 0.1) is 0 Å². The largest absolute Gasteiger partial charge is 0.370 e. The lowest BCUT2D eigenvalue weighted by Crippen LogP contribution is -2.24. The van der Waals surface area contributed by atoms with E-state index in [0.29, 0.717) is 6.61 Å². The number of primary amides is 1. The van der Waals surface area contributed by atoms with Gasteiger partial charge in [-0.3, -0.25) is 4.79 Å². The van der Waals surface area contributed by atoms with E-state index in [0.717, 1.165) is 13.1 Å². The quantitative estimate of drug-likeness (QED) is 0.511. The van der Waals surface area contributed by atoms with Crippen molar-refractivity contribution in [2.75, 3.05) is 26.3 Å². The molecule has 0 radical (unpaired) electrons. The van der Waals surface area contributed by atoms with Crippen molar-refractivity contribution in [3.8, 4) is 0 Å². The molecule has 3 N–H and O–H groups in total. The van der Waals surface area contributed by atoms with Crippen LogP contribution in [0.15, 0.2) is 0 Å². The Bertz CT molecular complexity index is 140. The van der Waals surface area contributed by atoms with E-state index in [-0.39, 0.29) is 6.61 Å². The number of carbonyl (C=O) groups excluding carboxylic acids is 1. The summed E-state index contributed by atoms with van der Waals surface area (Å²) in [5.41, 5.74) is 4.90. The number of nitrogens with two attached hydrogens (primary N) is 1. The Hall–Kier alpha value is -0.610. The van der Waals surface area contributed by atoms with Crippen molar-refractivity contribution >= 4 is 5.91 Å². The summed E-state index contributed by atoms with van der Waals surface area (Å²) >= 11 is 0. The van der Waals surface area contributed by atoms with Crippen molar-refractivity contribution in [1.82, 2.24) is 5.32 Å². The molecule has 0 rings (SSSR count). The summed E-state index contributed by atoms with van der Waals surface area (Å²) in [5, 5.41) is 3.24. The molecule has 0 fully saturated rings. The second kappa shape index (κ2) is 10.5. The molecule has 0 aromatic rings. The Kier molecular flexibility index (Phi) is 10.0. The zero-order chi connectivity index (χ0) is 10.6. The Balaban J connectivity index is 2.88. The van der Waals surface area contributed by atoms with Crippen molar-refractivity contribution in [3.05, 3.63) is 0 Å². The number of nitrogens with one attached hydrogen (secondary N) is 1. The molecule has 4 heteroatoms. The van der Waals surface area contributed by atoms with E-state index in [4.69, 9.17) is 10.5 Å². The maximum atomic E-state index is 10.3. The van der Waals surface area contributed by atoms with Gasteiger partial charge in [0.25, 0.3) is 0 Å². The molecule has 0 aliphatic rings. The number of rotatable bonds is 10. The van der Waals surface area contributed by atoms with Crippen LogP contribution in [-0.4, -0.2) is 32.2 Å². The fraction of sp³-hybridized carbons (Fsp3) is 0.900. The molecule has 0 spiro atoms. The number of ether oxygens (including phenoxy) is 1. The van der Waals surface area contributed by atoms with Crippen LogP contribution < -0.4 is 11.1 Å². The standard InChI is InChI=1S/C10H22N2O2/c1-2-3-4-5-6-12-7-8-14-9-10(11)13/h12H,2-9H2,1H3,(H2,11,13). The average molecular weight is 202 g/mol. The van der Waals surface area contributed by atoms with E-state index in [9.17, 15) is 4.79 Å². The fourth-order valence-electron chi connectivity index (χ4n) is 1.12. The fourth-order valence-corrected chi connectivity index (χ4v) is 1.12. The number of unbranched alkanes of at least 4 members (excludes halogenated alkanes) is 3. The molecule has 0 aromatic carbocycles. The Morgan fingerprint density at radius 2 is 2.07 bits per heavy atom. The SMILES string of the molecule is CCCCCCNCCOCC(N)=O. The van der Waals surface area contributed by atoms with Crippen molar-refractivity contribution in [1.29, 1.82) is 0 Å². The second-order valence-electron chi connectivity index (χ2n) is 3.33. The van der Waals surface area contributed by atoms with Crippen molar-refractivity contribution in [3.63, 3.8) is 0 Å². The Labute approximate surface area is 86.2 Å². The summed E-state index contributed by atoms with van der Waals surface area (Å²) in [4.78, 5) is 10.3. The molecule has 0 saturated carbocycles. The zero-order valence-electron chi connectivity index (χ0n) is 9.05. The van der Waals surface area contributed by atoms with Crippen LogP contribution in [0.4, 0.5) is 0 Å². The number of carbonyl (C=O) groups is 1. The van der Waals surface area contributed by atoms with Crippen LogP contribution in [0.25, 0.3) is 0 Å². The van der Waals surface area contributed by atoms with E-state index in [2.05, 4.69) is 12.2 Å². The first kappa shape index (κ1) is 13.4.